The fourth-order valence-electron chi connectivity index (χ4n) is 6.24. The molecule has 6 rings (SSSR count). The third-order valence-corrected chi connectivity index (χ3v) is 6.51. The van der Waals surface area contributed by atoms with Gasteiger partial charge in [-0.1, -0.05) is 0 Å². The van der Waals surface area contributed by atoms with Gasteiger partial charge in [-0.2, -0.15) is 0 Å². The van der Waals surface area contributed by atoms with Crippen molar-refractivity contribution in [1.82, 2.24) is 9.88 Å². The van der Waals surface area contributed by atoms with Gasteiger partial charge in [0.15, 0.2) is 0 Å². The second-order valence-electron chi connectivity index (χ2n) is 7.74. The summed E-state index contributed by atoms with van der Waals surface area (Å²) < 4.78 is 2.52. The van der Waals surface area contributed by atoms with Crippen LogP contribution in [0.25, 0.3) is 0 Å². The Morgan fingerprint density at radius 3 is 2.42 bits per heavy atom. The molecule has 0 saturated heterocycles. The molecule has 19 heavy (non-hydrogen) atoms. The predicted molar refractivity (Wildman–Crippen MR) is 76.0 cm³/mol. The molecule has 2 heterocycles. The van der Waals surface area contributed by atoms with Crippen molar-refractivity contribution in [3.8, 4) is 0 Å². The first-order valence-electron chi connectivity index (χ1n) is 8.22. The summed E-state index contributed by atoms with van der Waals surface area (Å²) in [7, 11) is 0. The number of aromatic nitrogens is 1. The van der Waals surface area contributed by atoms with E-state index in [-0.39, 0.29) is 0 Å². The van der Waals surface area contributed by atoms with Gasteiger partial charge in [0.2, 0.25) is 0 Å². The molecular weight excluding hydrogens is 232 g/mol. The van der Waals surface area contributed by atoms with Crippen LogP contribution in [-0.2, 0) is 18.5 Å². The summed E-state index contributed by atoms with van der Waals surface area (Å²) in [6.07, 6.45) is 11.5. The van der Waals surface area contributed by atoms with Gasteiger partial charge in [-0.15, -0.1) is 0 Å². The molecule has 1 aromatic heterocycles. The Labute approximate surface area is 115 Å². The zero-order chi connectivity index (χ0) is 12.4. The van der Waals surface area contributed by atoms with E-state index in [4.69, 9.17) is 0 Å². The Hall–Kier alpha value is -0.760. The highest BCUT2D eigenvalue weighted by molar-refractivity contribution is 5.35. The minimum absolute atomic E-state index is 0.578. The Morgan fingerprint density at radius 1 is 1.05 bits per heavy atom. The summed E-state index contributed by atoms with van der Waals surface area (Å²) in [5, 5.41) is 3.58. The quantitative estimate of drug-likeness (QED) is 0.817. The van der Waals surface area contributed by atoms with Gasteiger partial charge >= 0.3 is 0 Å². The largest absolute Gasteiger partial charge is 0.349 e. The van der Waals surface area contributed by atoms with E-state index in [1.807, 2.05) is 0 Å². The van der Waals surface area contributed by atoms with E-state index >= 15 is 0 Å². The summed E-state index contributed by atoms with van der Waals surface area (Å²) in [5.74, 6) is 3.16. The second kappa shape index (κ2) is 3.66. The predicted octanol–water partition coefficient (Wildman–Crippen LogP) is 3.06. The summed E-state index contributed by atoms with van der Waals surface area (Å²) >= 11 is 0. The first kappa shape index (κ1) is 11.0. The minimum atomic E-state index is 0.578. The van der Waals surface area contributed by atoms with Gasteiger partial charge in [0, 0.05) is 31.5 Å². The molecule has 4 fully saturated rings. The van der Waals surface area contributed by atoms with Crippen molar-refractivity contribution in [2.75, 3.05) is 6.54 Å². The van der Waals surface area contributed by atoms with E-state index < -0.39 is 0 Å². The molecule has 102 valence electrons. The summed E-state index contributed by atoms with van der Waals surface area (Å²) in [4.78, 5) is 0. The highest BCUT2D eigenvalue weighted by Gasteiger charge is 2.52. The monoisotopic (exact) mass is 256 g/mol. The highest BCUT2D eigenvalue weighted by atomic mass is 15.1. The normalized spacial score (nSPS) is 43.5. The average Bonchev–Trinajstić information content (AvgIpc) is 2.81. The standard InChI is InChI=1S/C17H24N2/c1-3-19-4-2-18-11-16(19)15(1)17-8-12-5-13(9-17)7-14(6-12)10-17/h1,3,12-14,18H,2,4-11H2. The van der Waals surface area contributed by atoms with E-state index in [1.54, 1.807) is 30.5 Å². The molecule has 0 unspecified atom stereocenters. The van der Waals surface area contributed by atoms with Gasteiger partial charge in [-0.05, 0) is 73.3 Å². The minimum Gasteiger partial charge on any atom is -0.349 e. The van der Waals surface area contributed by atoms with Crippen LogP contribution < -0.4 is 5.32 Å². The van der Waals surface area contributed by atoms with Crippen molar-refractivity contribution in [3.05, 3.63) is 23.5 Å². The Kier molecular flexibility index (Phi) is 2.11. The number of hydrogen-bond donors (Lipinski definition) is 1. The van der Waals surface area contributed by atoms with Crippen molar-refractivity contribution in [2.45, 2.75) is 57.0 Å². The molecule has 5 aliphatic rings. The van der Waals surface area contributed by atoms with Crippen LogP contribution in [0.3, 0.4) is 0 Å². The van der Waals surface area contributed by atoms with Crippen molar-refractivity contribution in [1.29, 1.82) is 0 Å². The maximum Gasteiger partial charge on any atom is 0.0363 e. The zero-order valence-electron chi connectivity index (χ0n) is 11.7. The van der Waals surface area contributed by atoms with Gasteiger partial charge in [0.25, 0.3) is 0 Å². The fraction of sp³-hybridized carbons (Fsp3) is 0.765. The zero-order valence-corrected chi connectivity index (χ0v) is 11.7. The average molecular weight is 256 g/mol. The molecule has 2 heteroatoms. The lowest BCUT2D eigenvalue weighted by Crippen LogP contribution is -2.49. The lowest BCUT2D eigenvalue weighted by atomic mass is 9.48. The molecule has 0 radical (unpaired) electrons. The Balaban J connectivity index is 1.60. The van der Waals surface area contributed by atoms with E-state index in [2.05, 4.69) is 22.1 Å². The van der Waals surface area contributed by atoms with E-state index in [9.17, 15) is 0 Å². The smallest absolute Gasteiger partial charge is 0.0363 e. The van der Waals surface area contributed by atoms with E-state index in [1.165, 1.54) is 25.8 Å². The first-order valence-corrected chi connectivity index (χ1v) is 8.22. The third kappa shape index (κ3) is 1.47. The first-order chi connectivity index (χ1) is 9.32. The van der Waals surface area contributed by atoms with Gasteiger partial charge in [0.1, 0.15) is 0 Å². The SMILES string of the molecule is c1cn2c(c1C13CC4CC(CC(C4)C1)C3)CNCC2. The van der Waals surface area contributed by atoms with Crippen LogP contribution in [-0.4, -0.2) is 11.1 Å². The summed E-state index contributed by atoms with van der Waals surface area (Å²) in [6, 6.07) is 2.48. The molecule has 0 amide bonds. The van der Waals surface area contributed by atoms with Crippen LogP contribution in [0.5, 0.6) is 0 Å². The molecule has 4 bridgehead atoms. The maximum absolute atomic E-state index is 3.58. The Bertz CT molecular complexity index is 478. The van der Waals surface area contributed by atoms with Crippen LogP contribution in [0.15, 0.2) is 12.3 Å². The molecule has 1 aliphatic heterocycles. The summed E-state index contributed by atoms with van der Waals surface area (Å²) in [5.41, 5.74) is 3.93. The highest BCUT2D eigenvalue weighted by Crippen LogP contribution is 2.61. The molecule has 0 aromatic carbocycles. The van der Waals surface area contributed by atoms with Crippen LogP contribution >= 0.6 is 0 Å². The van der Waals surface area contributed by atoms with Crippen LogP contribution in [0, 0.1) is 17.8 Å². The lowest BCUT2D eigenvalue weighted by Gasteiger charge is -2.57. The molecule has 1 aromatic rings. The molecule has 1 N–H and O–H groups in total. The van der Waals surface area contributed by atoms with Crippen molar-refractivity contribution >= 4 is 0 Å². The molecular formula is C17H24N2. The van der Waals surface area contributed by atoms with Crippen LogP contribution in [0.1, 0.15) is 49.8 Å². The van der Waals surface area contributed by atoms with Gasteiger partial charge in [-0.25, -0.2) is 0 Å². The van der Waals surface area contributed by atoms with E-state index in [0.29, 0.717) is 5.41 Å². The molecule has 0 atom stereocenters. The van der Waals surface area contributed by atoms with Gasteiger partial charge < -0.3 is 9.88 Å². The van der Waals surface area contributed by atoms with Gasteiger partial charge in [0.05, 0.1) is 0 Å². The fourth-order valence-corrected chi connectivity index (χ4v) is 6.24. The molecule has 4 aliphatic carbocycles. The number of nitrogens with zero attached hydrogens (tertiary/aromatic N) is 1. The number of nitrogens with one attached hydrogen (secondary N) is 1. The van der Waals surface area contributed by atoms with Gasteiger partial charge in [-0.3, -0.25) is 0 Å². The van der Waals surface area contributed by atoms with Crippen molar-refractivity contribution in [2.24, 2.45) is 17.8 Å². The molecule has 0 spiro atoms. The van der Waals surface area contributed by atoms with Crippen molar-refractivity contribution in [3.63, 3.8) is 0 Å². The van der Waals surface area contributed by atoms with Crippen LogP contribution in [0.4, 0.5) is 0 Å². The second-order valence-corrected chi connectivity index (χ2v) is 7.74. The molecule has 4 saturated carbocycles. The van der Waals surface area contributed by atoms with Crippen molar-refractivity contribution < 1.29 is 0 Å². The van der Waals surface area contributed by atoms with E-state index in [0.717, 1.165) is 30.8 Å². The topological polar surface area (TPSA) is 17.0 Å². The molecule has 2 nitrogen and oxygen atoms in total. The third-order valence-electron chi connectivity index (χ3n) is 6.51. The number of fused-ring (bicyclic) bond motifs is 1. The number of hydrogen-bond acceptors (Lipinski definition) is 1. The Morgan fingerprint density at radius 2 is 1.74 bits per heavy atom. The number of rotatable bonds is 1. The summed E-state index contributed by atoms with van der Waals surface area (Å²) in [6.45, 7) is 3.41. The lowest BCUT2D eigenvalue weighted by molar-refractivity contribution is -0.00573. The maximum atomic E-state index is 3.58. The van der Waals surface area contributed by atoms with Crippen LogP contribution in [0.2, 0.25) is 0 Å².